The molecule has 0 saturated heterocycles. The molecule has 2 radical (unpaired) electrons. The van der Waals surface area contributed by atoms with Crippen molar-refractivity contribution < 1.29 is 54.0 Å². The van der Waals surface area contributed by atoms with Crippen LogP contribution in [-0.2, 0) is 44.4 Å². The standard InChI is InChI=1S/C28H44N2O2.C24H26N2O2.2CH3.2Co/c1-10-22(19(3)31)18(2)30-25-14-12-11-13-24(25)29-17-20-15-21(27(4,5)6)16-23(26(20)32)28(7,8)9;27-23(19-9-3-1-4-10-19)15-17-25-21-13-7-8-14-22(21)26-18-16-24(28)20-11-5-2-6-12-20;;;;/h15-17,24-25,31-32H,10-14H2,1-9H3;1-6,9-12,15-18,21-22,27-28H,7-8,13-14H2;2*1H3;;/q;;2*-1;;. The number of phenolic OH excluding ortho intramolecular Hbond substituents is 1. The monoisotopic (exact) mass is 962 g/mol. The zero-order valence-electron chi connectivity index (χ0n) is 40.2. The molecule has 2 aliphatic carbocycles. The number of hydrogen-bond donors (Lipinski definition) is 4. The van der Waals surface area contributed by atoms with E-state index in [-0.39, 0.29) is 94.9 Å². The Kier molecular flexibility index (Phi) is 26.7. The SMILES string of the molecule is CCC(C(C)=NC1CCCCC1N=Cc1cc(C(C)(C)C)cc(C(C)(C)C)c1O)=C(C)O.OC(=CC=NC1CCCCC1N=CC=C(O)c1ccccc1)c1ccccc1.[CH3-].[CH3-].[Co].[Co]. The van der Waals surface area contributed by atoms with Gasteiger partial charge in [0, 0.05) is 85.7 Å². The molecule has 10 heteroatoms. The van der Waals surface area contributed by atoms with Crippen molar-refractivity contribution in [1.82, 2.24) is 0 Å². The van der Waals surface area contributed by atoms with E-state index >= 15 is 0 Å². The Balaban J connectivity index is 0.00000117. The maximum absolute atomic E-state index is 11.1. The predicted octanol–water partition coefficient (Wildman–Crippen LogP) is 14.0. The molecular weight excluding hydrogens is 886 g/mol. The van der Waals surface area contributed by atoms with Crippen molar-refractivity contribution in [3.05, 3.63) is 139 Å². The first-order chi connectivity index (χ1) is 28.5. The van der Waals surface area contributed by atoms with Crippen LogP contribution in [-0.4, -0.2) is 68.9 Å². The molecule has 8 nitrogen and oxygen atoms in total. The molecule has 0 aliphatic heterocycles. The molecule has 4 N–H and O–H groups in total. The van der Waals surface area contributed by atoms with Crippen LogP contribution in [0.4, 0.5) is 0 Å². The van der Waals surface area contributed by atoms with Crippen LogP contribution in [0.25, 0.3) is 11.5 Å². The topological polar surface area (TPSA) is 130 Å². The second-order valence-corrected chi connectivity index (χ2v) is 18.1. The third-order valence-electron chi connectivity index (χ3n) is 11.4. The number of phenols is 1. The van der Waals surface area contributed by atoms with Gasteiger partial charge in [0.25, 0.3) is 0 Å². The normalized spacial score (nSPS) is 20.2. The predicted molar refractivity (Wildman–Crippen MR) is 268 cm³/mol. The smallest absolute Gasteiger partial charge is 0.128 e. The Bertz CT molecular complexity index is 1980. The largest absolute Gasteiger partial charge is 0.512 e. The zero-order chi connectivity index (χ0) is 43.9. The van der Waals surface area contributed by atoms with E-state index in [1.54, 1.807) is 31.5 Å². The van der Waals surface area contributed by atoms with Gasteiger partial charge in [-0.25, -0.2) is 0 Å². The number of allylic oxidation sites excluding steroid dienone is 4. The van der Waals surface area contributed by atoms with Crippen LogP contribution in [0.3, 0.4) is 0 Å². The van der Waals surface area contributed by atoms with Crippen molar-refractivity contribution in [2.24, 2.45) is 20.0 Å². The van der Waals surface area contributed by atoms with Gasteiger partial charge in [-0.2, -0.15) is 0 Å². The fourth-order valence-electron chi connectivity index (χ4n) is 7.75. The third-order valence-corrected chi connectivity index (χ3v) is 11.4. The molecule has 64 heavy (non-hydrogen) atoms. The van der Waals surface area contributed by atoms with Crippen molar-refractivity contribution in [3.8, 4) is 5.75 Å². The van der Waals surface area contributed by atoms with Crippen LogP contribution in [0.15, 0.2) is 116 Å². The van der Waals surface area contributed by atoms with E-state index in [4.69, 9.17) is 9.98 Å². The van der Waals surface area contributed by atoms with E-state index in [1.807, 2.05) is 80.7 Å². The molecule has 4 atom stereocenters. The van der Waals surface area contributed by atoms with Crippen molar-refractivity contribution in [2.75, 3.05) is 0 Å². The molecule has 0 amide bonds. The summed E-state index contributed by atoms with van der Waals surface area (Å²) in [6.07, 6.45) is 17.8. The average molecular weight is 963 g/mol. The zero-order valence-corrected chi connectivity index (χ0v) is 42.3. The maximum atomic E-state index is 11.1. The van der Waals surface area contributed by atoms with Crippen LogP contribution in [0.2, 0.25) is 0 Å². The van der Waals surface area contributed by atoms with Crippen molar-refractivity contribution in [2.45, 2.75) is 155 Å². The van der Waals surface area contributed by atoms with Gasteiger partial charge in [0.15, 0.2) is 0 Å². The summed E-state index contributed by atoms with van der Waals surface area (Å²) in [6, 6.07) is 23.4. The number of aliphatic imine (C=N–C) groups is 4. The van der Waals surface area contributed by atoms with Gasteiger partial charge in [0.1, 0.15) is 17.3 Å². The number of aliphatic hydroxyl groups excluding tert-OH is 3. The van der Waals surface area contributed by atoms with E-state index in [9.17, 15) is 20.4 Å². The first kappa shape index (κ1) is 59.8. The van der Waals surface area contributed by atoms with Crippen molar-refractivity contribution in [3.63, 3.8) is 0 Å². The molecule has 0 spiro atoms. The Morgan fingerprint density at radius 1 is 0.625 bits per heavy atom. The second kappa shape index (κ2) is 28.6. The van der Waals surface area contributed by atoms with Gasteiger partial charge in [-0.1, -0.05) is 141 Å². The molecular formula is C54H76Co2N4O4-2. The Hall–Kier alpha value is -4.23. The molecule has 0 aromatic heterocycles. The number of aromatic hydroxyl groups is 1. The van der Waals surface area contributed by atoms with E-state index in [0.717, 1.165) is 91.3 Å². The molecule has 356 valence electrons. The Morgan fingerprint density at radius 2 is 1.05 bits per heavy atom. The molecule has 0 heterocycles. The third kappa shape index (κ3) is 18.3. The van der Waals surface area contributed by atoms with Gasteiger partial charge < -0.3 is 35.3 Å². The van der Waals surface area contributed by atoms with E-state index in [1.165, 1.54) is 5.56 Å². The van der Waals surface area contributed by atoms with Crippen LogP contribution < -0.4 is 0 Å². The molecule has 4 unspecified atom stereocenters. The Labute approximate surface area is 407 Å². The molecule has 0 bridgehead atoms. The molecule has 2 fully saturated rings. The number of benzene rings is 3. The van der Waals surface area contributed by atoms with Crippen LogP contribution in [0, 0.1) is 14.9 Å². The van der Waals surface area contributed by atoms with E-state index < -0.39 is 0 Å². The fourth-order valence-corrected chi connectivity index (χ4v) is 7.75. The molecule has 2 aliphatic rings. The second-order valence-electron chi connectivity index (χ2n) is 18.1. The fraction of sp³-hybridized carbons (Fsp3) is 0.444. The summed E-state index contributed by atoms with van der Waals surface area (Å²) >= 11 is 0. The van der Waals surface area contributed by atoms with Gasteiger partial charge in [-0.05, 0) is 80.6 Å². The van der Waals surface area contributed by atoms with Gasteiger partial charge in [0.05, 0.1) is 29.9 Å². The minimum atomic E-state index is -0.159. The Morgan fingerprint density at radius 3 is 1.44 bits per heavy atom. The van der Waals surface area contributed by atoms with Crippen LogP contribution in [0.5, 0.6) is 5.75 Å². The first-order valence-corrected chi connectivity index (χ1v) is 21.8. The summed E-state index contributed by atoms with van der Waals surface area (Å²) in [7, 11) is 0. The summed E-state index contributed by atoms with van der Waals surface area (Å²) in [5.41, 5.74) is 6.14. The molecule has 5 rings (SSSR count). The van der Waals surface area contributed by atoms with Crippen LogP contribution in [0.1, 0.15) is 148 Å². The van der Waals surface area contributed by atoms with Gasteiger partial charge in [-0.3, -0.25) is 20.0 Å². The van der Waals surface area contributed by atoms with Crippen molar-refractivity contribution in [1.29, 1.82) is 0 Å². The first-order valence-electron chi connectivity index (χ1n) is 21.8. The van der Waals surface area contributed by atoms with Crippen LogP contribution >= 0.6 is 0 Å². The minimum absolute atomic E-state index is 0. The van der Waals surface area contributed by atoms with Gasteiger partial charge >= 0.3 is 0 Å². The molecule has 2 saturated carbocycles. The quantitative estimate of drug-likeness (QED) is 0.0866. The number of rotatable bonds is 11. The van der Waals surface area contributed by atoms with E-state index in [2.05, 4.69) is 63.7 Å². The molecule has 3 aromatic rings. The molecule has 3 aromatic carbocycles. The van der Waals surface area contributed by atoms with Crippen molar-refractivity contribution >= 4 is 35.9 Å². The summed E-state index contributed by atoms with van der Waals surface area (Å²) in [4.78, 5) is 19.2. The minimum Gasteiger partial charge on any atom is -0.512 e. The summed E-state index contributed by atoms with van der Waals surface area (Å²) in [5.74, 6) is 1.09. The summed E-state index contributed by atoms with van der Waals surface area (Å²) < 4.78 is 0. The number of nitrogens with zero attached hydrogens (tertiary/aromatic N) is 4. The number of hydrogen-bond acceptors (Lipinski definition) is 8. The number of aliphatic hydroxyl groups is 3. The average Bonchev–Trinajstić information content (AvgIpc) is 3.21. The maximum Gasteiger partial charge on any atom is 0.128 e. The van der Waals surface area contributed by atoms with Gasteiger partial charge in [0.2, 0.25) is 0 Å². The summed E-state index contributed by atoms with van der Waals surface area (Å²) in [5, 5.41) is 41.3. The summed E-state index contributed by atoms with van der Waals surface area (Å²) in [6.45, 7) is 18.7. The van der Waals surface area contributed by atoms with Gasteiger partial charge in [-0.15, -0.1) is 0 Å². The van der Waals surface area contributed by atoms with E-state index in [0.29, 0.717) is 11.5 Å².